The highest BCUT2D eigenvalue weighted by Gasteiger charge is 3.01. The summed E-state index contributed by atoms with van der Waals surface area (Å²) in [6, 6.07) is 0. The maximum Gasteiger partial charge on any atom is 0.334 e. The summed E-state index contributed by atoms with van der Waals surface area (Å²) in [5.74, 6) is 0.0561. The summed E-state index contributed by atoms with van der Waals surface area (Å²) in [5.41, 5.74) is -1.09. The third-order valence-electron chi connectivity index (χ3n) is 9.30. The number of fused-ring (bicyclic) bond motifs is 4. The molecule has 7 rings (SSSR count). The van der Waals surface area contributed by atoms with Crippen LogP contribution in [-0.4, -0.2) is 71.6 Å². The van der Waals surface area contributed by atoms with Crippen molar-refractivity contribution in [2.75, 3.05) is 13.7 Å². The third-order valence-corrected chi connectivity index (χ3v) is 9.30. The van der Waals surface area contributed by atoms with Crippen LogP contribution in [0.4, 0.5) is 0 Å². The van der Waals surface area contributed by atoms with E-state index < -0.39 is 22.4 Å². The molecule has 0 unspecified atom stereocenters. The quantitative estimate of drug-likeness (QED) is 0.552. The Morgan fingerprint density at radius 1 is 1.21 bits per heavy atom. The molecule has 0 aromatic carbocycles. The number of ether oxygens (including phenoxy) is 5. The summed E-state index contributed by atoms with van der Waals surface area (Å²) in [7, 11) is 1.68. The van der Waals surface area contributed by atoms with E-state index in [4.69, 9.17) is 23.7 Å². The molecule has 3 saturated heterocycles. The van der Waals surface area contributed by atoms with Crippen molar-refractivity contribution in [3.8, 4) is 0 Å². The first-order chi connectivity index (χ1) is 13.2. The summed E-state index contributed by atoms with van der Waals surface area (Å²) >= 11 is 0. The number of carbonyl (C=O) groups is 1. The Labute approximate surface area is 163 Å². The lowest BCUT2D eigenvalue weighted by Crippen LogP contribution is -2.71. The summed E-state index contributed by atoms with van der Waals surface area (Å²) in [6.07, 6.45) is 1.70. The van der Waals surface area contributed by atoms with Crippen LogP contribution in [0.15, 0.2) is 11.1 Å². The van der Waals surface area contributed by atoms with Crippen molar-refractivity contribution >= 4 is 5.97 Å². The van der Waals surface area contributed by atoms with Crippen molar-refractivity contribution in [3.63, 3.8) is 0 Å². The molecule has 0 aromatic rings. The topological polar surface area (TPSA) is 93.4 Å². The fraction of sp³-hybridized carbons (Fsp3) is 0.857. The highest BCUT2D eigenvalue weighted by atomic mass is 16.8. The van der Waals surface area contributed by atoms with Gasteiger partial charge in [0.25, 0.3) is 0 Å². The molecule has 152 valence electrons. The van der Waals surface area contributed by atoms with Crippen molar-refractivity contribution < 1.29 is 33.6 Å². The molecule has 0 amide bonds. The lowest BCUT2D eigenvalue weighted by Gasteiger charge is -2.54. The smallest absolute Gasteiger partial charge is 0.334 e. The Kier molecular flexibility index (Phi) is 2.53. The van der Waals surface area contributed by atoms with Gasteiger partial charge in [-0.25, -0.2) is 4.79 Å². The fourth-order valence-corrected chi connectivity index (χ4v) is 8.02. The van der Waals surface area contributed by atoms with E-state index in [-0.39, 0.29) is 41.7 Å². The molecule has 1 N–H and O–H groups in total. The van der Waals surface area contributed by atoms with E-state index >= 15 is 0 Å². The monoisotopic (exact) mass is 390 g/mol. The second-order valence-electron chi connectivity index (χ2n) is 10.5. The number of epoxide rings is 3. The maximum atomic E-state index is 12.2. The van der Waals surface area contributed by atoms with E-state index in [1.807, 2.05) is 0 Å². The van der Waals surface area contributed by atoms with Crippen LogP contribution in [-0.2, 0) is 28.5 Å². The molecular weight excluding hydrogens is 364 g/mol. The molecule has 0 aromatic heterocycles. The van der Waals surface area contributed by atoms with Crippen LogP contribution in [0.1, 0.15) is 40.0 Å². The molecule has 4 aliphatic heterocycles. The number of methoxy groups -OCH3 is 1. The third kappa shape index (κ3) is 1.33. The van der Waals surface area contributed by atoms with E-state index in [9.17, 15) is 9.90 Å². The fourth-order valence-electron chi connectivity index (χ4n) is 8.02. The lowest BCUT2D eigenvalue weighted by molar-refractivity contribution is -0.146. The van der Waals surface area contributed by atoms with Gasteiger partial charge in [0.2, 0.25) is 0 Å². The van der Waals surface area contributed by atoms with Gasteiger partial charge in [0, 0.05) is 18.1 Å². The van der Waals surface area contributed by atoms with E-state index in [2.05, 4.69) is 6.92 Å². The van der Waals surface area contributed by atoms with Crippen molar-refractivity contribution in [2.45, 2.75) is 86.9 Å². The number of aliphatic hydroxyl groups is 1. The molecule has 28 heavy (non-hydrogen) atoms. The second kappa shape index (κ2) is 4.23. The standard InChI is InChI=1S/C21H26O7/c1-17(2,23)20-13(27-20)14-21(28-14)18(3)6-5-9-10(8-25-15(9)22)11(18)7-12-19(21,26-12)16(20)24-4/h11-14,16,23H,5-8H2,1-4H3/t11-,12-,13-,14-,16-,18-,19+,20-,21+/m0/s1. The number of cyclic esters (lactones) is 1. The normalized spacial score (nSPS) is 59.9. The van der Waals surface area contributed by atoms with Crippen LogP contribution in [0.25, 0.3) is 0 Å². The first kappa shape index (κ1) is 16.8. The number of hydrogen-bond donors (Lipinski definition) is 1. The molecule has 0 bridgehead atoms. The van der Waals surface area contributed by atoms with Crippen LogP contribution >= 0.6 is 0 Å². The Bertz CT molecular complexity index is 874. The van der Waals surface area contributed by atoms with Crippen LogP contribution in [0.3, 0.4) is 0 Å². The van der Waals surface area contributed by atoms with Crippen LogP contribution in [0.2, 0.25) is 0 Å². The molecule has 2 spiro atoms. The van der Waals surface area contributed by atoms with E-state index in [0.717, 1.165) is 30.4 Å². The zero-order chi connectivity index (χ0) is 19.5. The number of rotatable bonds is 2. The first-order valence-electron chi connectivity index (χ1n) is 10.4. The van der Waals surface area contributed by atoms with Gasteiger partial charge in [-0.05, 0) is 44.6 Å². The van der Waals surface area contributed by atoms with Crippen LogP contribution in [0, 0.1) is 11.3 Å². The maximum absolute atomic E-state index is 12.2. The predicted octanol–water partition coefficient (Wildman–Crippen LogP) is 0.872. The van der Waals surface area contributed by atoms with Crippen molar-refractivity contribution in [2.24, 2.45) is 11.3 Å². The molecule has 7 heteroatoms. The van der Waals surface area contributed by atoms with Crippen LogP contribution < -0.4 is 0 Å². The molecule has 5 fully saturated rings. The Morgan fingerprint density at radius 3 is 2.71 bits per heavy atom. The van der Waals surface area contributed by atoms with Gasteiger partial charge in [0.05, 0.1) is 11.7 Å². The summed E-state index contributed by atoms with van der Waals surface area (Å²) < 4.78 is 30.7. The van der Waals surface area contributed by atoms with Gasteiger partial charge in [-0.1, -0.05) is 6.92 Å². The molecule has 0 radical (unpaired) electrons. The highest BCUT2D eigenvalue weighted by Crippen LogP contribution is 2.83. The Morgan fingerprint density at radius 2 is 2.00 bits per heavy atom. The van der Waals surface area contributed by atoms with Gasteiger partial charge < -0.3 is 28.8 Å². The molecule has 4 heterocycles. The number of hydrogen-bond acceptors (Lipinski definition) is 7. The molecule has 7 nitrogen and oxygen atoms in total. The SMILES string of the molecule is CO[C@@H]1[C@@]2(C(C)(C)O)O[C@H]2[C@@H]2O[C@]23[C@]12O[C@H]2C[C@H]1C2=C(CC[C@@]13C)C(=O)OC2. The van der Waals surface area contributed by atoms with Gasteiger partial charge in [0.15, 0.2) is 11.2 Å². The van der Waals surface area contributed by atoms with Gasteiger partial charge in [0.1, 0.15) is 30.5 Å². The zero-order valence-corrected chi connectivity index (χ0v) is 16.6. The number of carbonyl (C=O) groups excluding carboxylic acids is 1. The minimum Gasteiger partial charge on any atom is -0.458 e. The molecule has 3 aliphatic carbocycles. The van der Waals surface area contributed by atoms with Gasteiger partial charge in [-0.15, -0.1) is 0 Å². The van der Waals surface area contributed by atoms with Gasteiger partial charge >= 0.3 is 5.97 Å². The van der Waals surface area contributed by atoms with E-state index in [1.54, 1.807) is 21.0 Å². The largest absolute Gasteiger partial charge is 0.458 e. The van der Waals surface area contributed by atoms with E-state index in [0.29, 0.717) is 6.61 Å². The highest BCUT2D eigenvalue weighted by molar-refractivity contribution is 5.92. The summed E-state index contributed by atoms with van der Waals surface area (Å²) in [6.45, 7) is 6.26. The van der Waals surface area contributed by atoms with Crippen molar-refractivity contribution in [3.05, 3.63) is 11.1 Å². The number of esters is 1. The van der Waals surface area contributed by atoms with Crippen LogP contribution in [0.5, 0.6) is 0 Å². The molecule has 7 aliphatic rings. The summed E-state index contributed by atoms with van der Waals surface area (Å²) in [4.78, 5) is 12.2. The Hall–Kier alpha value is -0.990. The zero-order valence-electron chi connectivity index (χ0n) is 16.6. The minimum absolute atomic E-state index is 0.0209. The van der Waals surface area contributed by atoms with Crippen molar-refractivity contribution in [1.29, 1.82) is 0 Å². The second-order valence-corrected chi connectivity index (χ2v) is 10.5. The average molecular weight is 390 g/mol. The first-order valence-corrected chi connectivity index (χ1v) is 10.4. The predicted molar refractivity (Wildman–Crippen MR) is 93.3 cm³/mol. The molecule has 9 atom stereocenters. The lowest BCUT2D eigenvalue weighted by atomic mass is 9.46. The minimum atomic E-state index is -1.06. The molecular formula is C21H26O7. The Balaban J connectivity index is 1.39. The van der Waals surface area contributed by atoms with E-state index in [1.165, 1.54) is 0 Å². The molecule has 2 saturated carbocycles. The summed E-state index contributed by atoms with van der Waals surface area (Å²) in [5, 5.41) is 11.0. The average Bonchev–Trinajstić information content (AvgIpc) is 3.51. The van der Waals surface area contributed by atoms with Gasteiger partial charge in [-0.2, -0.15) is 0 Å². The van der Waals surface area contributed by atoms with Crippen molar-refractivity contribution in [1.82, 2.24) is 0 Å². The van der Waals surface area contributed by atoms with Gasteiger partial charge in [-0.3, -0.25) is 0 Å².